The summed E-state index contributed by atoms with van der Waals surface area (Å²) in [6.07, 6.45) is 2.51. The Morgan fingerprint density at radius 2 is 2.11 bits per heavy atom. The standard InChI is InChI=1S/C15H17FN2S/c1-10-9-19-14(18-10)8-17-15(11-2-3-11)12-4-6-13(16)7-5-12/h4-7,9,11,15,17H,2-3,8H2,1H3. The van der Waals surface area contributed by atoms with Gasteiger partial charge in [-0.3, -0.25) is 0 Å². The third-order valence-corrected chi connectivity index (χ3v) is 4.43. The van der Waals surface area contributed by atoms with Gasteiger partial charge in [0.2, 0.25) is 0 Å². The number of aromatic nitrogens is 1. The third kappa shape index (κ3) is 3.19. The summed E-state index contributed by atoms with van der Waals surface area (Å²) in [4.78, 5) is 4.47. The maximum absolute atomic E-state index is 13.0. The summed E-state index contributed by atoms with van der Waals surface area (Å²) in [5.74, 6) is 0.514. The monoisotopic (exact) mass is 276 g/mol. The van der Waals surface area contributed by atoms with Crippen LogP contribution in [0, 0.1) is 18.7 Å². The van der Waals surface area contributed by atoms with Crippen LogP contribution in [0.25, 0.3) is 0 Å². The molecule has 2 nitrogen and oxygen atoms in total. The molecule has 0 spiro atoms. The maximum Gasteiger partial charge on any atom is 0.123 e. The summed E-state index contributed by atoms with van der Waals surface area (Å²) in [6.45, 7) is 2.80. The normalized spacial score (nSPS) is 16.5. The minimum absolute atomic E-state index is 0.172. The molecule has 1 N–H and O–H groups in total. The highest BCUT2D eigenvalue weighted by atomic mass is 32.1. The molecule has 2 aromatic rings. The second kappa shape index (κ2) is 5.39. The second-order valence-corrected chi connectivity index (χ2v) is 6.07. The van der Waals surface area contributed by atoms with E-state index in [4.69, 9.17) is 0 Å². The predicted octanol–water partition coefficient (Wildman–Crippen LogP) is 3.83. The molecule has 1 aromatic heterocycles. The number of nitrogens with one attached hydrogen (secondary N) is 1. The number of nitrogens with zero attached hydrogens (tertiary/aromatic N) is 1. The molecule has 0 radical (unpaired) electrons. The van der Waals surface area contributed by atoms with Gasteiger partial charge >= 0.3 is 0 Å². The van der Waals surface area contributed by atoms with E-state index < -0.39 is 0 Å². The Morgan fingerprint density at radius 3 is 2.68 bits per heavy atom. The smallest absolute Gasteiger partial charge is 0.123 e. The number of hydrogen-bond donors (Lipinski definition) is 1. The van der Waals surface area contributed by atoms with Crippen molar-refractivity contribution in [1.82, 2.24) is 10.3 Å². The van der Waals surface area contributed by atoms with Crippen molar-refractivity contribution in [3.8, 4) is 0 Å². The van der Waals surface area contributed by atoms with E-state index >= 15 is 0 Å². The highest BCUT2D eigenvalue weighted by molar-refractivity contribution is 7.09. The molecular formula is C15H17FN2S. The maximum atomic E-state index is 13.0. The molecular weight excluding hydrogens is 259 g/mol. The van der Waals surface area contributed by atoms with E-state index in [-0.39, 0.29) is 5.82 Å². The Bertz CT molecular complexity index is 546. The van der Waals surface area contributed by atoms with Crippen LogP contribution in [0.4, 0.5) is 4.39 Å². The zero-order chi connectivity index (χ0) is 13.2. The van der Waals surface area contributed by atoms with E-state index in [1.807, 2.05) is 19.1 Å². The molecule has 1 unspecified atom stereocenters. The van der Waals surface area contributed by atoms with Crippen molar-refractivity contribution in [3.05, 3.63) is 51.7 Å². The zero-order valence-corrected chi connectivity index (χ0v) is 11.7. The number of thiazole rings is 1. The van der Waals surface area contributed by atoms with Crippen LogP contribution in [0.3, 0.4) is 0 Å². The van der Waals surface area contributed by atoms with E-state index in [2.05, 4.69) is 15.7 Å². The lowest BCUT2D eigenvalue weighted by Gasteiger charge is -2.18. The van der Waals surface area contributed by atoms with Crippen LogP contribution in [0.2, 0.25) is 0 Å². The van der Waals surface area contributed by atoms with Gasteiger partial charge < -0.3 is 5.32 Å². The van der Waals surface area contributed by atoms with E-state index in [0.717, 1.165) is 17.2 Å². The first kappa shape index (κ1) is 12.8. The number of halogens is 1. The SMILES string of the molecule is Cc1csc(CNC(c2ccc(F)cc2)C2CC2)n1. The fraction of sp³-hybridized carbons (Fsp3) is 0.400. The number of benzene rings is 1. The highest BCUT2D eigenvalue weighted by Crippen LogP contribution is 2.41. The topological polar surface area (TPSA) is 24.9 Å². The molecule has 4 heteroatoms. The molecule has 0 aliphatic heterocycles. The average Bonchev–Trinajstić information content (AvgIpc) is 3.15. The van der Waals surface area contributed by atoms with Crippen LogP contribution in [0.1, 0.15) is 35.1 Å². The first-order valence-electron chi connectivity index (χ1n) is 6.62. The number of rotatable bonds is 5. The van der Waals surface area contributed by atoms with Gasteiger partial charge in [-0.1, -0.05) is 12.1 Å². The molecule has 0 saturated heterocycles. The highest BCUT2D eigenvalue weighted by Gasteiger charge is 2.32. The first-order valence-corrected chi connectivity index (χ1v) is 7.50. The van der Waals surface area contributed by atoms with Gasteiger partial charge in [-0.25, -0.2) is 9.37 Å². The van der Waals surface area contributed by atoms with Gasteiger partial charge in [0.15, 0.2) is 0 Å². The fourth-order valence-electron chi connectivity index (χ4n) is 2.34. The van der Waals surface area contributed by atoms with Gasteiger partial charge in [-0.2, -0.15) is 0 Å². The molecule has 0 bridgehead atoms. The molecule has 1 saturated carbocycles. The summed E-state index contributed by atoms with van der Waals surface area (Å²) in [6, 6.07) is 7.18. The summed E-state index contributed by atoms with van der Waals surface area (Å²) in [5.41, 5.74) is 2.25. The molecule has 1 aliphatic carbocycles. The Hall–Kier alpha value is -1.26. The lowest BCUT2D eigenvalue weighted by molar-refractivity contribution is 0.478. The van der Waals surface area contributed by atoms with Crippen molar-refractivity contribution in [2.45, 2.75) is 32.4 Å². The molecule has 19 heavy (non-hydrogen) atoms. The largest absolute Gasteiger partial charge is 0.303 e. The minimum atomic E-state index is -0.172. The van der Waals surface area contributed by atoms with Gasteiger partial charge in [0.05, 0.1) is 0 Å². The quantitative estimate of drug-likeness (QED) is 0.897. The van der Waals surface area contributed by atoms with Gasteiger partial charge in [0.25, 0.3) is 0 Å². The Balaban J connectivity index is 1.69. The third-order valence-electron chi connectivity index (χ3n) is 3.46. The van der Waals surface area contributed by atoms with E-state index in [9.17, 15) is 4.39 Å². The Kier molecular flexibility index (Phi) is 3.62. The average molecular weight is 276 g/mol. The molecule has 1 aromatic carbocycles. The van der Waals surface area contributed by atoms with Crippen molar-refractivity contribution < 1.29 is 4.39 Å². The molecule has 1 aliphatic rings. The van der Waals surface area contributed by atoms with Gasteiger partial charge in [-0.05, 0) is 43.4 Å². The minimum Gasteiger partial charge on any atom is -0.303 e. The molecule has 1 fully saturated rings. The lowest BCUT2D eigenvalue weighted by atomic mass is 10.0. The van der Waals surface area contributed by atoms with Crippen LogP contribution < -0.4 is 5.32 Å². The van der Waals surface area contributed by atoms with Crippen LogP contribution in [0.5, 0.6) is 0 Å². The van der Waals surface area contributed by atoms with Gasteiger partial charge in [0, 0.05) is 23.7 Å². The summed E-state index contributed by atoms with van der Waals surface area (Å²) in [5, 5.41) is 6.76. The van der Waals surface area contributed by atoms with Crippen molar-refractivity contribution in [3.63, 3.8) is 0 Å². The van der Waals surface area contributed by atoms with Crippen molar-refractivity contribution >= 4 is 11.3 Å². The Labute approximate surface area is 116 Å². The van der Waals surface area contributed by atoms with Crippen LogP contribution in [-0.4, -0.2) is 4.98 Å². The van der Waals surface area contributed by atoms with Crippen LogP contribution in [-0.2, 0) is 6.54 Å². The summed E-state index contributed by atoms with van der Waals surface area (Å²) < 4.78 is 13.0. The first-order chi connectivity index (χ1) is 9.22. The van der Waals surface area contributed by atoms with E-state index in [1.54, 1.807) is 23.5 Å². The molecule has 0 amide bonds. The fourth-order valence-corrected chi connectivity index (χ4v) is 3.06. The van der Waals surface area contributed by atoms with Crippen molar-refractivity contribution in [2.75, 3.05) is 0 Å². The van der Waals surface area contributed by atoms with Crippen molar-refractivity contribution in [1.29, 1.82) is 0 Å². The van der Waals surface area contributed by atoms with Crippen LogP contribution in [0.15, 0.2) is 29.6 Å². The van der Waals surface area contributed by atoms with Gasteiger partial charge in [0.1, 0.15) is 10.8 Å². The van der Waals surface area contributed by atoms with Crippen molar-refractivity contribution in [2.24, 2.45) is 5.92 Å². The van der Waals surface area contributed by atoms with E-state index in [1.165, 1.54) is 18.4 Å². The number of aryl methyl sites for hydroxylation is 1. The Morgan fingerprint density at radius 1 is 1.37 bits per heavy atom. The number of hydrogen-bond acceptors (Lipinski definition) is 3. The molecule has 100 valence electrons. The zero-order valence-electron chi connectivity index (χ0n) is 10.9. The van der Waals surface area contributed by atoms with Crippen LogP contribution >= 0.6 is 11.3 Å². The predicted molar refractivity (Wildman–Crippen MR) is 75.6 cm³/mol. The second-order valence-electron chi connectivity index (χ2n) is 5.13. The molecule has 1 heterocycles. The summed E-state index contributed by atoms with van der Waals surface area (Å²) in [7, 11) is 0. The molecule has 1 atom stereocenters. The molecule has 3 rings (SSSR count). The lowest BCUT2D eigenvalue weighted by Crippen LogP contribution is -2.22. The van der Waals surface area contributed by atoms with E-state index in [0.29, 0.717) is 12.0 Å². The van der Waals surface area contributed by atoms with Gasteiger partial charge in [-0.15, -0.1) is 11.3 Å². The summed E-state index contributed by atoms with van der Waals surface area (Å²) >= 11 is 1.69.